The van der Waals surface area contributed by atoms with Crippen LogP contribution in [0.25, 0.3) is 5.76 Å². The van der Waals surface area contributed by atoms with Crippen LogP contribution in [0.4, 0.5) is 4.39 Å². The molecule has 186 valence electrons. The number of halogens is 1. The minimum Gasteiger partial charge on any atom is -0.507 e. The van der Waals surface area contributed by atoms with Crippen LogP contribution < -0.4 is 0 Å². The number of nitrogens with one attached hydrogen (secondary N) is 1. The highest BCUT2D eigenvalue weighted by atomic mass is 19.1. The molecule has 1 amide bonds. The van der Waals surface area contributed by atoms with E-state index in [1.807, 2.05) is 0 Å². The fourth-order valence-electron chi connectivity index (χ4n) is 4.75. The van der Waals surface area contributed by atoms with E-state index >= 15 is 0 Å². The van der Waals surface area contributed by atoms with E-state index in [2.05, 4.69) is 9.88 Å². The molecule has 3 heterocycles. The van der Waals surface area contributed by atoms with Crippen LogP contribution in [0, 0.1) is 19.7 Å². The van der Waals surface area contributed by atoms with E-state index < -0.39 is 35.3 Å². The molecule has 1 atom stereocenters. The molecular weight excluding hydrogens is 457 g/mol. The highest BCUT2D eigenvalue weighted by Gasteiger charge is 2.47. The summed E-state index contributed by atoms with van der Waals surface area (Å²) in [5, 5.41) is 11.4. The zero-order valence-corrected chi connectivity index (χ0v) is 19.9. The number of aromatic amines is 1. The van der Waals surface area contributed by atoms with Gasteiger partial charge in [0.1, 0.15) is 17.3 Å². The van der Waals surface area contributed by atoms with Crippen LogP contribution in [0.2, 0.25) is 0 Å². The van der Waals surface area contributed by atoms with Crippen LogP contribution in [-0.2, 0) is 19.1 Å². The van der Waals surface area contributed by atoms with Gasteiger partial charge in [-0.25, -0.2) is 9.18 Å². The van der Waals surface area contributed by atoms with Crippen LogP contribution >= 0.6 is 0 Å². The van der Waals surface area contributed by atoms with Crippen LogP contribution in [0.15, 0.2) is 29.8 Å². The smallest absolute Gasteiger partial charge is 0.354 e. The highest BCUT2D eigenvalue weighted by molar-refractivity contribution is 6.46. The van der Waals surface area contributed by atoms with E-state index in [-0.39, 0.29) is 28.9 Å². The highest BCUT2D eigenvalue weighted by Crippen LogP contribution is 2.41. The number of amides is 1. The lowest BCUT2D eigenvalue weighted by molar-refractivity contribution is -0.140. The molecule has 0 aliphatic carbocycles. The number of aryl methyl sites for hydroxylation is 1. The number of ether oxygens (including phenoxy) is 2. The average molecular weight is 486 g/mol. The fraction of sp³-hybridized carbons (Fsp3) is 0.400. The number of rotatable bonds is 6. The van der Waals surface area contributed by atoms with E-state index in [4.69, 9.17) is 9.47 Å². The maximum absolute atomic E-state index is 15.0. The van der Waals surface area contributed by atoms with E-state index in [0.717, 1.165) is 0 Å². The number of aromatic nitrogens is 1. The van der Waals surface area contributed by atoms with Gasteiger partial charge >= 0.3 is 5.97 Å². The monoisotopic (exact) mass is 485 g/mol. The second-order valence-electron chi connectivity index (χ2n) is 8.58. The lowest BCUT2D eigenvalue weighted by Crippen LogP contribution is -2.42. The second kappa shape index (κ2) is 10.0. The molecule has 2 aliphatic heterocycles. The molecule has 2 aromatic rings. The molecule has 2 aliphatic rings. The van der Waals surface area contributed by atoms with Crippen molar-refractivity contribution < 1.29 is 33.4 Å². The molecule has 0 saturated carbocycles. The first-order chi connectivity index (χ1) is 16.8. The first-order valence-electron chi connectivity index (χ1n) is 11.4. The summed E-state index contributed by atoms with van der Waals surface area (Å²) in [4.78, 5) is 44.8. The van der Waals surface area contributed by atoms with Crippen molar-refractivity contribution in [3.05, 3.63) is 63.7 Å². The molecule has 35 heavy (non-hydrogen) atoms. The third-order valence-electron chi connectivity index (χ3n) is 6.56. The van der Waals surface area contributed by atoms with Gasteiger partial charge < -0.3 is 24.5 Å². The molecule has 0 bridgehead atoms. The Kier molecular flexibility index (Phi) is 7.04. The third-order valence-corrected chi connectivity index (χ3v) is 6.56. The van der Waals surface area contributed by atoms with Crippen molar-refractivity contribution in [2.24, 2.45) is 0 Å². The lowest BCUT2D eigenvalue weighted by Gasteiger charge is -2.31. The van der Waals surface area contributed by atoms with Gasteiger partial charge in [0.15, 0.2) is 0 Å². The number of esters is 1. The number of H-pyrrole nitrogens is 1. The molecule has 1 unspecified atom stereocenters. The number of carbonyl (C=O) groups is 3. The number of hydrogen-bond acceptors (Lipinski definition) is 7. The number of nitrogens with zero attached hydrogens (tertiary/aromatic N) is 2. The standard InChI is InChI=1S/C25H28FN3O6/c1-14-18(15(2)27-20(14)25(33)34-3)22(30)19-21(16-6-4-5-7-17(16)26)29(24(32)23(19)31)9-8-28-10-12-35-13-11-28/h4-7,21,27,30H,8-13H2,1-3H3/b22-19-. The summed E-state index contributed by atoms with van der Waals surface area (Å²) in [6.45, 7) is 6.38. The molecule has 1 aromatic carbocycles. The van der Waals surface area contributed by atoms with Gasteiger partial charge in [-0.1, -0.05) is 18.2 Å². The average Bonchev–Trinajstić information content (AvgIpc) is 3.29. The second-order valence-corrected chi connectivity index (χ2v) is 8.58. The van der Waals surface area contributed by atoms with E-state index in [1.54, 1.807) is 19.9 Å². The summed E-state index contributed by atoms with van der Waals surface area (Å²) in [6.07, 6.45) is 0. The zero-order valence-electron chi connectivity index (χ0n) is 19.9. The molecule has 4 rings (SSSR count). The Hall–Kier alpha value is -3.50. The number of aliphatic hydroxyl groups is 1. The number of carbonyl (C=O) groups excluding carboxylic acids is 3. The Labute approximate surface area is 202 Å². The zero-order chi connectivity index (χ0) is 25.3. The number of Topliss-reactive ketones (excluding diaryl/α,β-unsaturated/α-hetero) is 1. The largest absolute Gasteiger partial charge is 0.507 e. The number of aliphatic hydroxyl groups excluding tert-OH is 1. The van der Waals surface area contributed by atoms with Gasteiger partial charge in [-0.2, -0.15) is 0 Å². The Morgan fingerprint density at radius 3 is 2.54 bits per heavy atom. The van der Waals surface area contributed by atoms with Gasteiger partial charge in [-0.15, -0.1) is 0 Å². The van der Waals surface area contributed by atoms with Crippen molar-refractivity contribution in [1.82, 2.24) is 14.8 Å². The summed E-state index contributed by atoms with van der Waals surface area (Å²) in [5.41, 5.74) is 0.984. The molecule has 0 spiro atoms. The summed E-state index contributed by atoms with van der Waals surface area (Å²) in [6, 6.07) is 4.76. The van der Waals surface area contributed by atoms with Crippen molar-refractivity contribution in [2.75, 3.05) is 46.5 Å². The Morgan fingerprint density at radius 1 is 1.20 bits per heavy atom. The van der Waals surface area contributed by atoms with Gasteiger partial charge in [0, 0.05) is 43.0 Å². The number of hydrogen-bond donors (Lipinski definition) is 2. The molecule has 0 radical (unpaired) electrons. The van der Waals surface area contributed by atoms with Crippen LogP contribution in [-0.4, -0.2) is 84.1 Å². The van der Waals surface area contributed by atoms with Gasteiger partial charge in [-0.05, 0) is 25.5 Å². The first kappa shape index (κ1) is 24.6. The SMILES string of the molecule is COC(=O)c1[nH]c(C)c(/C(O)=C2/C(=O)C(=O)N(CCN3CCOCC3)C2c2ccccc2F)c1C. The number of morpholine rings is 1. The van der Waals surface area contributed by atoms with Gasteiger partial charge in [0.25, 0.3) is 11.7 Å². The van der Waals surface area contributed by atoms with Crippen molar-refractivity contribution in [2.45, 2.75) is 19.9 Å². The van der Waals surface area contributed by atoms with E-state index in [1.165, 1.54) is 30.2 Å². The maximum Gasteiger partial charge on any atom is 0.354 e. The van der Waals surface area contributed by atoms with Gasteiger partial charge in [-0.3, -0.25) is 14.5 Å². The molecular formula is C25H28FN3O6. The molecule has 2 fully saturated rings. The van der Waals surface area contributed by atoms with Crippen molar-refractivity contribution in [3.63, 3.8) is 0 Å². The summed E-state index contributed by atoms with van der Waals surface area (Å²) in [5.74, 6) is -3.42. The summed E-state index contributed by atoms with van der Waals surface area (Å²) >= 11 is 0. The van der Waals surface area contributed by atoms with Crippen LogP contribution in [0.1, 0.15) is 38.9 Å². The number of ketones is 1. The topological polar surface area (TPSA) is 112 Å². The van der Waals surface area contributed by atoms with Crippen molar-refractivity contribution in [3.8, 4) is 0 Å². The predicted octanol–water partition coefficient (Wildman–Crippen LogP) is 2.31. The van der Waals surface area contributed by atoms with Crippen LogP contribution in [0.3, 0.4) is 0 Å². The summed E-state index contributed by atoms with van der Waals surface area (Å²) < 4.78 is 25.1. The lowest BCUT2D eigenvalue weighted by atomic mass is 9.93. The Bertz CT molecular complexity index is 1200. The predicted molar refractivity (Wildman–Crippen MR) is 124 cm³/mol. The third kappa shape index (κ3) is 4.46. The first-order valence-corrected chi connectivity index (χ1v) is 11.4. The van der Waals surface area contributed by atoms with Crippen molar-refractivity contribution in [1.29, 1.82) is 0 Å². The molecule has 2 N–H and O–H groups in total. The summed E-state index contributed by atoms with van der Waals surface area (Å²) in [7, 11) is 1.23. The molecule has 10 heteroatoms. The quantitative estimate of drug-likeness (QED) is 0.280. The molecule has 1 aromatic heterocycles. The van der Waals surface area contributed by atoms with Crippen molar-refractivity contribution >= 4 is 23.4 Å². The minimum atomic E-state index is -1.12. The van der Waals surface area contributed by atoms with E-state index in [0.29, 0.717) is 44.1 Å². The maximum atomic E-state index is 15.0. The Morgan fingerprint density at radius 2 is 1.89 bits per heavy atom. The normalized spacial score (nSPS) is 20.5. The van der Waals surface area contributed by atoms with E-state index in [9.17, 15) is 23.9 Å². The fourth-order valence-corrected chi connectivity index (χ4v) is 4.75. The molecule has 2 saturated heterocycles. The van der Waals surface area contributed by atoms with Gasteiger partial charge in [0.05, 0.1) is 31.9 Å². The Balaban J connectivity index is 1.82. The minimum absolute atomic E-state index is 0.106. The van der Waals surface area contributed by atoms with Gasteiger partial charge in [0.2, 0.25) is 0 Å². The van der Waals surface area contributed by atoms with Crippen LogP contribution in [0.5, 0.6) is 0 Å². The number of methoxy groups -OCH3 is 1. The number of benzene rings is 1. The number of likely N-dealkylation sites (tertiary alicyclic amines) is 1. The molecule has 9 nitrogen and oxygen atoms in total.